The molecule has 0 aliphatic rings. The van der Waals surface area contributed by atoms with E-state index in [1.54, 1.807) is 24.3 Å². The molecule has 5 nitrogen and oxygen atoms in total. The van der Waals surface area contributed by atoms with Crippen LogP contribution in [0.25, 0.3) is 0 Å². The zero-order valence-corrected chi connectivity index (χ0v) is 16.7. The van der Waals surface area contributed by atoms with Crippen LogP contribution in [-0.4, -0.2) is 25.0 Å². The Morgan fingerprint density at radius 1 is 1.08 bits per heavy atom. The fraction of sp³-hybridized carbons (Fsp3) is 0.300. The van der Waals surface area contributed by atoms with Crippen LogP contribution in [0.5, 0.6) is 5.75 Å². The SMILES string of the molecule is CC(C)(C)C(=O)Nc1cccc(C(=O)NCCOc2cccc(Br)c2)c1. The number of amides is 2. The van der Waals surface area contributed by atoms with E-state index in [4.69, 9.17) is 4.74 Å². The molecule has 0 radical (unpaired) electrons. The van der Waals surface area contributed by atoms with E-state index in [2.05, 4.69) is 26.6 Å². The molecule has 0 atom stereocenters. The summed E-state index contributed by atoms with van der Waals surface area (Å²) >= 11 is 3.38. The molecule has 2 aromatic carbocycles. The van der Waals surface area contributed by atoms with Crippen LogP contribution in [-0.2, 0) is 4.79 Å². The first-order valence-electron chi connectivity index (χ1n) is 8.34. The third kappa shape index (κ3) is 6.19. The third-order valence-corrected chi connectivity index (χ3v) is 4.01. The van der Waals surface area contributed by atoms with Crippen molar-refractivity contribution in [1.29, 1.82) is 0 Å². The highest BCUT2D eigenvalue weighted by Crippen LogP contribution is 2.19. The fourth-order valence-corrected chi connectivity index (χ4v) is 2.43. The highest BCUT2D eigenvalue weighted by Gasteiger charge is 2.21. The smallest absolute Gasteiger partial charge is 0.251 e. The van der Waals surface area contributed by atoms with E-state index in [0.717, 1.165) is 10.2 Å². The van der Waals surface area contributed by atoms with Gasteiger partial charge in [-0.05, 0) is 36.4 Å². The van der Waals surface area contributed by atoms with Crippen molar-refractivity contribution >= 4 is 33.4 Å². The van der Waals surface area contributed by atoms with E-state index < -0.39 is 5.41 Å². The Bertz CT molecular complexity index is 785. The van der Waals surface area contributed by atoms with Gasteiger partial charge in [-0.2, -0.15) is 0 Å². The Kier molecular flexibility index (Phi) is 6.80. The molecule has 0 aromatic heterocycles. The highest BCUT2D eigenvalue weighted by molar-refractivity contribution is 9.10. The molecule has 2 rings (SSSR count). The Morgan fingerprint density at radius 3 is 2.50 bits per heavy atom. The standard InChI is InChI=1S/C20H23BrN2O3/c1-20(2,3)19(25)23-16-8-4-6-14(12-16)18(24)22-10-11-26-17-9-5-7-15(21)13-17/h4-9,12-13H,10-11H2,1-3H3,(H,22,24)(H,23,25). The topological polar surface area (TPSA) is 67.4 Å². The molecule has 0 unspecified atom stereocenters. The Balaban J connectivity index is 1.85. The van der Waals surface area contributed by atoms with Gasteiger partial charge in [0.25, 0.3) is 5.91 Å². The quantitative estimate of drug-likeness (QED) is 0.689. The summed E-state index contributed by atoms with van der Waals surface area (Å²) in [6.07, 6.45) is 0. The molecule has 0 aliphatic heterocycles. The zero-order chi connectivity index (χ0) is 19.2. The van der Waals surface area contributed by atoms with E-state index in [9.17, 15) is 9.59 Å². The van der Waals surface area contributed by atoms with Crippen LogP contribution in [0, 0.1) is 5.41 Å². The van der Waals surface area contributed by atoms with Crippen LogP contribution in [0.15, 0.2) is 53.0 Å². The summed E-state index contributed by atoms with van der Waals surface area (Å²) in [5.41, 5.74) is 0.587. The van der Waals surface area contributed by atoms with Gasteiger partial charge in [0.15, 0.2) is 0 Å². The molecule has 138 valence electrons. The molecule has 0 aliphatic carbocycles. The zero-order valence-electron chi connectivity index (χ0n) is 15.1. The number of carbonyl (C=O) groups is 2. The average molecular weight is 419 g/mol. The second-order valence-corrected chi connectivity index (χ2v) is 7.76. The van der Waals surface area contributed by atoms with Crippen molar-refractivity contribution in [2.45, 2.75) is 20.8 Å². The predicted octanol–water partition coefficient (Wildman–Crippen LogP) is 4.24. The molecule has 0 spiro atoms. The molecular formula is C20H23BrN2O3. The lowest BCUT2D eigenvalue weighted by atomic mass is 9.95. The van der Waals surface area contributed by atoms with Gasteiger partial charge in [-0.25, -0.2) is 0 Å². The molecular weight excluding hydrogens is 396 g/mol. The van der Waals surface area contributed by atoms with Gasteiger partial charge in [0, 0.05) is 21.1 Å². The van der Waals surface area contributed by atoms with Crippen molar-refractivity contribution in [2.75, 3.05) is 18.5 Å². The first-order valence-corrected chi connectivity index (χ1v) is 9.13. The predicted molar refractivity (Wildman–Crippen MR) is 106 cm³/mol. The van der Waals surface area contributed by atoms with E-state index in [1.165, 1.54) is 0 Å². The lowest BCUT2D eigenvalue weighted by Gasteiger charge is -2.18. The lowest BCUT2D eigenvalue weighted by Crippen LogP contribution is -2.29. The molecule has 0 saturated carbocycles. The van der Waals surface area contributed by atoms with Crippen molar-refractivity contribution in [2.24, 2.45) is 5.41 Å². The van der Waals surface area contributed by atoms with Gasteiger partial charge in [0.2, 0.25) is 5.91 Å². The average Bonchev–Trinajstić information content (AvgIpc) is 2.58. The van der Waals surface area contributed by atoms with Crippen molar-refractivity contribution in [1.82, 2.24) is 5.32 Å². The van der Waals surface area contributed by atoms with Gasteiger partial charge in [-0.3, -0.25) is 9.59 Å². The largest absolute Gasteiger partial charge is 0.492 e. The number of halogens is 1. The molecule has 0 saturated heterocycles. The maximum Gasteiger partial charge on any atom is 0.251 e. The summed E-state index contributed by atoms with van der Waals surface area (Å²) < 4.78 is 6.52. The van der Waals surface area contributed by atoms with Crippen LogP contribution in [0.4, 0.5) is 5.69 Å². The molecule has 26 heavy (non-hydrogen) atoms. The lowest BCUT2D eigenvalue weighted by molar-refractivity contribution is -0.123. The monoisotopic (exact) mass is 418 g/mol. The van der Waals surface area contributed by atoms with Gasteiger partial charge in [-0.15, -0.1) is 0 Å². The van der Waals surface area contributed by atoms with Crippen molar-refractivity contribution < 1.29 is 14.3 Å². The second kappa shape index (κ2) is 8.85. The summed E-state index contributed by atoms with van der Waals surface area (Å²) in [7, 11) is 0. The number of rotatable bonds is 6. The first-order chi connectivity index (χ1) is 12.3. The Hall–Kier alpha value is -2.34. The first kappa shape index (κ1) is 20.0. The fourth-order valence-electron chi connectivity index (χ4n) is 2.05. The summed E-state index contributed by atoms with van der Waals surface area (Å²) in [5, 5.41) is 5.63. The van der Waals surface area contributed by atoms with Crippen LogP contribution < -0.4 is 15.4 Å². The number of ether oxygens (including phenoxy) is 1. The summed E-state index contributed by atoms with van der Waals surface area (Å²) in [4.78, 5) is 24.3. The minimum atomic E-state index is -0.498. The number of carbonyl (C=O) groups excluding carboxylic acids is 2. The van der Waals surface area contributed by atoms with Crippen molar-refractivity contribution in [3.8, 4) is 5.75 Å². The minimum Gasteiger partial charge on any atom is -0.492 e. The summed E-state index contributed by atoms with van der Waals surface area (Å²) in [5.74, 6) is 0.424. The molecule has 2 N–H and O–H groups in total. The van der Waals surface area contributed by atoms with Crippen LogP contribution in [0.2, 0.25) is 0 Å². The Labute approximate surface area is 162 Å². The van der Waals surface area contributed by atoms with Gasteiger partial charge in [-0.1, -0.05) is 48.8 Å². The second-order valence-electron chi connectivity index (χ2n) is 6.85. The van der Waals surface area contributed by atoms with E-state index in [0.29, 0.717) is 24.4 Å². The van der Waals surface area contributed by atoms with Gasteiger partial charge < -0.3 is 15.4 Å². The van der Waals surface area contributed by atoms with E-state index >= 15 is 0 Å². The van der Waals surface area contributed by atoms with E-state index in [-0.39, 0.29) is 11.8 Å². The number of hydrogen-bond acceptors (Lipinski definition) is 3. The van der Waals surface area contributed by atoms with Crippen molar-refractivity contribution in [3.63, 3.8) is 0 Å². The molecule has 6 heteroatoms. The van der Waals surface area contributed by atoms with Gasteiger partial charge >= 0.3 is 0 Å². The maximum atomic E-state index is 12.3. The van der Waals surface area contributed by atoms with Gasteiger partial charge in [0.1, 0.15) is 12.4 Å². The number of benzene rings is 2. The number of hydrogen-bond donors (Lipinski definition) is 2. The maximum absolute atomic E-state index is 12.3. The normalized spacial score (nSPS) is 10.9. The Morgan fingerprint density at radius 2 is 1.81 bits per heavy atom. The summed E-state index contributed by atoms with van der Waals surface area (Å²) in [6.45, 7) is 6.26. The minimum absolute atomic E-state index is 0.0996. The molecule has 2 amide bonds. The molecule has 0 fully saturated rings. The number of anilines is 1. The molecule has 2 aromatic rings. The van der Waals surface area contributed by atoms with Gasteiger partial charge in [0.05, 0.1) is 6.54 Å². The number of nitrogens with one attached hydrogen (secondary N) is 2. The van der Waals surface area contributed by atoms with Crippen molar-refractivity contribution in [3.05, 3.63) is 58.6 Å². The van der Waals surface area contributed by atoms with Crippen LogP contribution in [0.1, 0.15) is 31.1 Å². The molecule has 0 heterocycles. The third-order valence-electron chi connectivity index (χ3n) is 3.52. The summed E-state index contributed by atoms with van der Waals surface area (Å²) in [6, 6.07) is 14.4. The van der Waals surface area contributed by atoms with Crippen LogP contribution >= 0.6 is 15.9 Å². The highest BCUT2D eigenvalue weighted by atomic mass is 79.9. The van der Waals surface area contributed by atoms with E-state index in [1.807, 2.05) is 45.0 Å². The van der Waals surface area contributed by atoms with Crippen LogP contribution in [0.3, 0.4) is 0 Å². The molecule has 0 bridgehead atoms.